The molecule has 1 amide bonds. The molecule has 4 heteroatoms. The lowest BCUT2D eigenvalue weighted by Gasteiger charge is -2.06. The molecule has 3 rings (SSSR count). The summed E-state index contributed by atoms with van der Waals surface area (Å²) < 4.78 is 14.8. The molecule has 0 fully saturated rings. The Kier molecular flexibility index (Phi) is 3.44. The fraction of sp³-hybridized carbons (Fsp3) is 0.118. The van der Waals surface area contributed by atoms with Crippen LogP contribution in [0.4, 0.5) is 10.1 Å². The third kappa shape index (κ3) is 2.94. The number of benzene rings is 2. The standard InChI is InChI=1S/C17H15FN2O/c1-20-9-8-13-11-15(6-7-16(13)20)19-17(21)10-12-2-4-14(18)5-3-12/h2-9,11H,10H2,1H3,(H,19,21). The quantitative estimate of drug-likeness (QED) is 0.784. The van der Waals surface area contributed by atoms with Gasteiger partial charge in [-0.2, -0.15) is 0 Å². The smallest absolute Gasteiger partial charge is 0.228 e. The highest BCUT2D eigenvalue weighted by Gasteiger charge is 2.06. The Labute approximate surface area is 122 Å². The molecule has 2 aromatic carbocycles. The fourth-order valence-corrected chi connectivity index (χ4v) is 2.35. The van der Waals surface area contributed by atoms with Gasteiger partial charge in [-0.15, -0.1) is 0 Å². The number of hydrogen-bond donors (Lipinski definition) is 1. The molecule has 3 aromatic rings. The fourth-order valence-electron chi connectivity index (χ4n) is 2.35. The van der Waals surface area contributed by atoms with E-state index in [4.69, 9.17) is 0 Å². The highest BCUT2D eigenvalue weighted by atomic mass is 19.1. The Morgan fingerprint density at radius 2 is 1.90 bits per heavy atom. The molecule has 0 radical (unpaired) electrons. The van der Waals surface area contributed by atoms with Gasteiger partial charge in [-0.1, -0.05) is 12.1 Å². The third-order valence-corrected chi connectivity index (χ3v) is 3.45. The minimum absolute atomic E-state index is 0.114. The summed E-state index contributed by atoms with van der Waals surface area (Å²) in [6, 6.07) is 13.8. The van der Waals surface area contributed by atoms with Gasteiger partial charge in [0, 0.05) is 29.8 Å². The monoisotopic (exact) mass is 282 g/mol. The van der Waals surface area contributed by atoms with E-state index in [0.717, 1.165) is 22.2 Å². The van der Waals surface area contributed by atoms with Crippen LogP contribution in [0.25, 0.3) is 10.9 Å². The summed E-state index contributed by atoms with van der Waals surface area (Å²) in [7, 11) is 1.98. The maximum atomic E-state index is 12.8. The molecule has 0 saturated heterocycles. The van der Waals surface area contributed by atoms with E-state index in [1.54, 1.807) is 12.1 Å². The first-order chi connectivity index (χ1) is 10.1. The van der Waals surface area contributed by atoms with Crippen molar-refractivity contribution in [1.29, 1.82) is 0 Å². The van der Waals surface area contributed by atoms with Crippen LogP contribution in [0.5, 0.6) is 0 Å². The number of nitrogens with zero attached hydrogens (tertiary/aromatic N) is 1. The second-order valence-corrected chi connectivity index (χ2v) is 5.05. The molecule has 1 heterocycles. The Balaban J connectivity index is 1.72. The first kappa shape index (κ1) is 13.4. The number of hydrogen-bond acceptors (Lipinski definition) is 1. The highest BCUT2D eigenvalue weighted by Crippen LogP contribution is 2.19. The lowest BCUT2D eigenvalue weighted by atomic mass is 10.1. The van der Waals surface area contributed by atoms with Crippen LogP contribution in [0.2, 0.25) is 0 Å². The molecule has 0 atom stereocenters. The number of carbonyl (C=O) groups excluding carboxylic acids is 1. The van der Waals surface area contributed by atoms with Crippen molar-refractivity contribution in [2.45, 2.75) is 6.42 Å². The van der Waals surface area contributed by atoms with Gasteiger partial charge in [-0.3, -0.25) is 4.79 Å². The molecule has 1 N–H and O–H groups in total. The topological polar surface area (TPSA) is 34.0 Å². The molecular weight excluding hydrogens is 267 g/mol. The van der Waals surface area contributed by atoms with Crippen molar-refractivity contribution in [1.82, 2.24) is 4.57 Å². The molecule has 0 aliphatic heterocycles. The van der Waals surface area contributed by atoms with Gasteiger partial charge in [0.2, 0.25) is 5.91 Å². The van der Waals surface area contributed by atoms with Gasteiger partial charge in [0.15, 0.2) is 0 Å². The predicted octanol–water partition coefficient (Wildman–Crippen LogP) is 3.50. The van der Waals surface area contributed by atoms with E-state index in [9.17, 15) is 9.18 Å². The second-order valence-electron chi connectivity index (χ2n) is 5.05. The van der Waals surface area contributed by atoms with Crippen LogP contribution in [-0.4, -0.2) is 10.5 Å². The Morgan fingerprint density at radius 3 is 2.67 bits per heavy atom. The van der Waals surface area contributed by atoms with Crippen LogP contribution < -0.4 is 5.32 Å². The summed E-state index contributed by atoms with van der Waals surface area (Å²) in [5.41, 5.74) is 2.67. The summed E-state index contributed by atoms with van der Waals surface area (Å²) in [5, 5.41) is 3.95. The van der Waals surface area contributed by atoms with Gasteiger partial charge in [0.1, 0.15) is 5.82 Å². The molecule has 0 aliphatic rings. The number of rotatable bonds is 3. The van der Waals surface area contributed by atoms with Crippen molar-refractivity contribution in [2.75, 3.05) is 5.32 Å². The van der Waals surface area contributed by atoms with Gasteiger partial charge in [0.25, 0.3) is 0 Å². The first-order valence-corrected chi connectivity index (χ1v) is 6.71. The number of aromatic nitrogens is 1. The van der Waals surface area contributed by atoms with Crippen molar-refractivity contribution >= 4 is 22.5 Å². The zero-order valence-electron chi connectivity index (χ0n) is 11.6. The van der Waals surface area contributed by atoms with E-state index in [1.165, 1.54) is 12.1 Å². The Hall–Kier alpha value is -2.62. The van der Waals surface area contributed by atoms with E-state index in [-0.39, 0.29) is 18.1 Å². The Morgan fingerprint density at radius 1 is 1.14 bits per heavy atom. The molecule has 0 saturated carbocycles. The summed E-state index contributed by atoms with van der Waals surface area (Å²) in [4.78, 5) is 12.0. The molecule has 106 valence electrons. The molecule has 1 aromatic heterocycles. The van der Waals surface area contributed by atoms with Gasteiger partial charge in [-0.05, 0) is 42.0 Å². The molecule has 3 nitrogen and oxygen atoms in total. The molecule has 0 bridgehead atoms. The molecule has 0 aliphatic carbocycles. The average molecular weight is 282 g/mol. The largest absolute Gasteiger partial charge is 0.351 e. The van der Waals surface area contributed by atoms with Crippen LogP contribution >= 0.6 is 0 Å². The number of fused-ring (bicyclic) bond motifs is 1. The minimum atomic E-state index is -0.298. The minimum Gasteiger partial charge on any atom is -0.351 e. The summed E-state index contributed by atoms with van der Waals surface area (Å²) in [6.45, 7) is 0. The summed E-state index contributed by atoms with van der Waals surface area (Å²) >= 11 is 0. The zero-order chi connectivity index (χ0) is 14.8. The van der Waals surface area contributed by atoms with Gasteiger partial charge < -0.3 is 9.88 Å². The van der Waals surface area contributed by atoms with Crippen LogP contribution in [0.3, 0.4) is 0 Å². The molecule has 0 unspecified atom stereocenters. The van der Waals surface area contributed by atoms with Crippen LogP contribution in [0, 0.1) is 5.82 Å². The van der Waals surface area contributed by atoms with Crippen LogP contribution in [-0.2, 0) is 18.3 Å². The van der Waals surface area contributed by atoms with Crippen molar-refractivity contribution in [3.8, 4) is 0 Å². The van der Waals surface area contributed by atoms with Crippen molar-refractivity contribution in [3.05, 3.63) is 66.1 Å². The number of amides is 1. The summed E-state index contributed by atoms with van der Waals surface area (Å²) in [5.74, 6) is -0.412. The average Bonchev–Trinajstić information content (AvgIpc) is 2.82. The maximum absolute atomic E-state index is 12.8. The van der Waals surface area contributed by atoms with E-state index in [1.807, 2.05) is 42.1 Å². The first-order valence-electron chi connectivity index (χ1n) is 6.71. The second kappa shape index (κ2) is 5.40. The van der Waals surface area contributed by atoms with Crippen molar-refractivity contribution in [2.24, 2.45) is 7.05 Å². The number of carbonyl (C=O) groups is 1. The van der Waals surface area contributed by atoms with Gasteiger partial charge >= 0.3 is 0 Å². The molecule has 21 heavy (non-hydrogen) atoms. The maximum Gasteiger partial charge on any atom is 0.228 e. The van der Waals surface area contributed by atoms with Crippen molar-refractivity contribution < 1.29 is 9.18 Å². The van der Waals surface area contributed by atoms with E-state index in [2.05, 4.69) is 5.32 Å². The number of anilines is 1. The lowest BCUT2D eigenvalue weighted by molar-refractivity contribution is -0.115. The number of nitrogens with one attached hydrogen (secondary N) is 1. The summed E-state index contributed by atoms with van der Waals surface area (Å²) in [6.07, 6.45) is 2.21. The van der Waals surface area contributed by atoms with Crippen LogP contribution in [0.15, 0.2) is 54.7 Å². The SMILES string of the molecule is Cn1ccc2cc(NC(=O)Cc3ccc(F)cc3)ccc21. The van der Waals surface area contributed by atoms with E-state index >= 15 is 0 Å². The predicted molar refractivity (Wildman–Crippen MR) is 81.7 cm³/mol. The van der Waals surface area contributed by atoms with Crippen LogP contribution in [0.1, 0.15) is 5.56 Å². The van der Waals surface area contributed by atoms with Gasteiger partial charge in [-0.25, -0.2) is 4.39 Å². The normalized spacial score (nSPS) is 10.8. The van der Waals surface area contributed by atoms with E-state index < -0.39 is 0 Å². The third-order valence-electron chi connectivity index (χ3n) is 3.45. The zero-order valence-corrected chi connectivity index (χ0v) is 11.6. The van der Waals surface area contributed by atoms with Gasteiger partial charge in [0.05, 0.1) is 6.42 Å². The molecule has 0 spiro atoms. The lowest BCUT2D eigenvalue weighted by Crippen LogP contribution is -2.14. The van der Waals surface area contributed by atoms with Crippen molar-refractivity contribution in [3.63, 3.8) is 0 Å². The number of aryl methyl sites for hydroxylation is 1. The highest BCUT2D eigenvalue weighted by molar-refractivity contribution is 5.95. The molecular formula is C17H15FN2O. The number of halogens is 1. The van der Waals surface area contributed by atoms with E-state index in [0.29, 0.717) is 0 Å². The Bertz CT molecular complexity index is 790.